The number of benzene rings is 2. The zero-order valence-electron chi connectivity index (χ0n) is 13.9. The number of carbonyl (C=O) groups excluding carboxylic acids is 1. The van der Waals surface area contributed by atoms with Gasteiger partial charge >= 0.3 is 0 Å². The first-order valence-electron chi connectivity index (χ1n) is 7.86. The lowest BCUT2D eigenvalue weighted by molar-refractivity contribution is 0.0906. The standard InChI is InChI=1S/C18H16ClFN4O2/c1-11-22-17(23-24(11)15-5-3-2-4-14(15)19)18(26)21-10-16(25)12-6-8-13(20)9-7-12/h2-9,16,25H,10H2,1H3,(H,21,26). The zero-order chi connectivity index (χ0) is 18.7. The van der Waals surface area contributed by atoms with Crippen molar-refractivity contribution in [1.82, 2.24) is 20.1 Å². The van der Waals surface area contributed by atoms with Gasteiger partial charge in [0.25, 0.3) is 5.91 Å². The predicted octanol–water partition coefficient (Wildman–Crippen LogP) is 2.83. The Morgan fingerprint density at radius 1 is 1.27 bits per heavy atom. The van der Waals surface area contributed by atoms with Gasteiger partial charge in [-0.2, -0.15) is 0 Å². The molecular weight excluding hydrogens is 359 g/mol. The Balaban J connectivity index is 1.70. The summed E-state index contributed by atoms with van der Waals surface area (Å²) in [6.07, 6.45) is -0.966. The summed E-state index contributed by atoms with van der Waals surface area (Å²) in [7, 11) is 0. The van der Waals surface area contributed by atoms with E-state index in [9.17, 15) is 14.3 Å². The maximum Gasteiger partial charge on any atom is 0.291 e. The first-order chi connectivity index (χ1) is 12.5. The molecule has 0 spiro atoms. The second-order valence-corrected chi connectivity index (χ2v) is 6.03. The number of rotatable bonds is 5. The van der Waals surface area contributed by atoms with Gasteiger partial charge in [-0.05, 0) is 36.8 Å². The number of aromatic nitrogens is 3. The van der Waals surface area contributed by atoms with Crippen LogP contribution in [0.3, 0.4) is 0 Å². The summed E-state index contributed by atoms with van der Waals surface area (Å²) in [6.45, 7) is 1.66. The predicted molar refractivity (Wildman–Crippen MR) is 94.8 cm³/mol. The molecule has 0 aliphatic heterocycles. The lowest BCUT2D eigenvalue weighted by Gasteiger charge is -2.11. The van der Waals surface area contributed by atoms with E-state index in [1.54, 1.807) is 31.2 Å². The molecule has 3 aromatic rings. The molecule has 0 radical (unpaired) electrons. The van der Waals surface area contributed by atoms with Gasteiger partial charge < -0.3 is 10.4 Å². The van der Waals surface area contributed by atoms with Crippen LogP contribution in [0.15, 0.2) is 48.5 Å². The monoisotopic (exact) mass is 374 g/mol. The Labute approximate surface area is 154 Å². The number of aryl methyl sites for hydroxylation is 1. The number of para-hydroxylation sites is 1. The molecule has 2 N–H and O–H groups in total. The van der Waals surface area contributed by atoms with Crippen molar-refractivity contribution in [3.8, 4) is 5.69 Å². The van der Waals surface area contributed by atoms with E-state index in [2.05, 4.69) is 15.4 Å². The quantitative estimate of drug-likeness (QED) is 0.719. The van der Waals surface area contributed by atoms with E-state index in [1.807, 2.05) is 0 Å². The number of amides is 1. The molecule has 134 valence electrons. The van der Waals surface area contributed by atoms with Crippen LogP contribution in [0.5, 0.6) is 0 Å². The molecule has 3 rings (SSSR count). The van der Waals surface area contributed by atoms with Gasteiger partial charge in [-0.15, -0.1) is 5.10 Å². The summed E-state index contributed by atoms with van der Waals surface area (Å²) in [6, 6.07) is 12.5. The fraction of sp³-hybridized carbons (Fsp3) is 0.167. The molecule has 0 saturated heterocycles. The Bertz CT molecular complexity index is 927. The molecule has 2 aromatic carbocycles. The number of aliphatic hydroxyl groups excluding tert-OH is 1. The Hall–Kier alpha value is -2.77. The van der Waals surface area contributed by atoms with Crippen LogP contribution < -0.4 is 5.32 Å². The fourth-order valence-corrected chi connectivity index (χ4v) is 2.62. The van der Waals surface area contributed by atoms with Crippen LogP contribution >= 0.6 is 11.6 Å². The van der Waals surface area contributed by atoms with E-state index in [0.29, 0.717) is 22.1 Å². The van der Waals surface area contributed by atoms with Gasteiger partial charge in [-0.1, -0.05) is 35.9 Å². The molecule has 1 unspecified atom stereocenters. The third-order valence-electron chi connectivity index (χ3n) is 3.76. The van der Waals surface area contributed by atoms with Gasteiger partial charge in [0.1, 0.15) is 11.6 Å². The molecule has 1 heterocycles. The lowest BCUT2D eigenvalue weighted by Crippen LogP contribution is -2.29. The maximum atomic E-state index is 12.9. The van der Waals surface area contributed by atoms with Gasteiger partial charge in [-0.25, -0.2) is 14.1 Å². The van der Waals surface area contributed by atoms with Gasteiger partial charge in [0.15, 0.2) is 0 Å². The van der Waals surface area contributed by atoms with Gasteiger partial charge in [0.05, 0.1) is 16.8 Å². The summed E-state index contributed by atoms with van der Waals surface area (Å²) < 4.78 is 14.4. The summed E-state index contributed by atoms with van der Waals surface area (Å²) in [5.74, 6) is -0.453. The summed E-state index contributed by atoms with van der Waals surface area (Å²) >= 11 is 6.15. The van der Waals surface area contributed by atoms with Crippen LogP contribution in [0.25, 0.3) is 5.69 Å². The third-order valence-corrected chi connectivity index (χ3v) is 4.08. The molecule has 0 saturated carbocycles. The number of carbonyl (C=O) groups is 1. The molecule has 26 heavy (non-hydrogen) atoms. The largest absolute Gasteiger partial charge is 0.387 e. The van der Waals surface area contributed by atoms with Crippen LogP contribution in [0, 0.1) is 12.7 Å². The van der Waals surface area contributed by atoms with Crippen molar-refractivity contribution in [1.29, 1.82) is 0 Å². The van der Waals surface area contributed by atoms with Gasteiger partial charge in [-0.3, -0.25) is 4.79 Å². The van der Waals surface area contributed by atoms with E-state index in [4.69, 9.17) is 11.6 Å². The molecule has 1 aromatic heterocycles. The summed E-state index contributed by atoms with van der Waals surface area (Å²) in [4.78, 5) is 16.4. The molecule has 8 heteroatoms. The van der Waals surface area contributed by atoms with E-state index < -0.39 is 17.8 Å². The van der Waals surface area contributed by atoms with E-state index in [-0.39, 0.29) is 12.4 Å². The van der Waals surface area contributed by atoms with Crippen LogP contribution in [0.1, 0.15) is 28.1 Å². The molecule has 0 bridgehead atoms. The van der Waals surface area contributed by atoms with Crippen molar-refractivity contribution >= 4 is 17.5 Å². The number of hydrogen-bond donors (Lipinski definition) is 2. The van der Waals surface area contributed by atoms with Crippen LogP contribution in [-0.4, -0.2) is 32.3 Å². The maximum absolute atomic E-state index is 12.9. The van der Waals surface area contributed by atoms with Crippen molar-refractivity contribution in [2.24, 2.45) is 0 Å². The summed E-state index contributed by atoms with van der Waals surface area (Å²) in [5.41, 5.74) is 1.11. The van der Waals surface area contributed by atoms with Crippen molar-refractivity contribution in [3.63, 3.8) is 0 Å². The SMILES string of the molecule is Cc1nc(C(=O)NCC(O)c2ccc(F)cc2)nn1-c1ccccc1Cl. The number of nitrogens with one attached hydrogen (secondary N) is 1. The van der Waals surface area contributed by atoms with Crippen molar-refractivity contribution < 1.29 is 14.3 Å². The first kappa shape index (κ1) is 18.0. The van der Waals surface area contributed by atoms with Crippen LogP contribution in [0.4, 0.5) is 4.39 Å². The average molecular weight is 375 g/mol. The highest BCUT2D eigenvalue weighted by molar-refractivity contribution is 6.32. The minimum Gasteiger partial charge on any atom is -0.387 e. The summed E-state index contributed by atoms with van der Waals surface area (Å²) in [5, 5.41) is 17.3. The van der Waals surface area contributed by atoms with E-state index in [0.717, 1.165) is 0 Å². The molecule has 0 aliphatic rings. The van der Waals surface area contributed by atoms with Crippen LogP contribution in [0.2, 0.25) is 5.02 Å². The number of aliphatic hydroxyl groups is 1. The molecule has 1 amide bonds. The Morgan fingerprint density at radius 2 is 1.96 bits per heavy atom. The number of halogens is 2. The Kier molecular flexibility index (Phi) is 5.29. The second kappa shape index (κ2) is 7.63. The number of nitrogens with zero attached hydrogens (tertiary/aromatic N) is 3. The van der Waals surface area contributed by atoms with Crippen molar-refractivity contribution in [3.05, 3.63) is 76.6 Å². The van der Waals surface area contributed by atoms with Gasteiger partial charge in [0.2, 0.25) is 5.82 Å². The molecule has 6 nitrogen and oxygen atoms in total. The fourth-order valence-electron chi connectivity index (χ4n) is 2.41. The molecular formula is C18H16ClFN4O2. The first-order valence-corrected chi connectivity index (χ1v) is 8.24. The molecule has 0 fully saturated rings. The molecule has 0 aliphatic carbocycles. The Morgan fingerprint density at radius 3 is 2.65 bits per heavy atom. The van der Waals surface area contributed by atoms with Crippen molar-refractivity contribution in [2.75, 3.05) is 6.54 Å². The molecule has 1 atom stereocenters. The van der Waals surface area contributed by atoms with E-state index >= 15 is 0 Å². The average Bonchev–Trinajstić information content (AvgIpc) is 3.02. The van der Waals surface area contributed by atoms with Crippen LogP contribution in [-0.2, 0) is 0 Å². The lowest BCUT2D eigenvalue weighted by atomic mass is 10.1. The highest BCUT2D eigenvalue weighted by Gasteiger charge is 2.17. The second-order valence-electron chi connectivity index (χ2n) is 5.62. The third kappa shape index (κ3) is 3.89. The van der Waals surface area contributed by atoms with Crippen molar-refractivity contribution in [2.45, 2.75) is 13.0 Å². The number of hydrogen-bond acceptors (Lipinski definition) is 4. The topological polar surface area (TPSA) is 80.0 Å². The highest BCUT2D eigenvalue weighted by Crippen LogP contribution is 2.20. The normalized spacial score (nSPS) is 12.0. The van der Waals surface area contributed by atoms with E-state index in [1.165, 1.54) is 28.9 Å². The highest BCUT2D eigenvalue weighted by atomic mass is 35.5. The smallest absolute Gasteiger partial charge is 0.291 e. The minimum absolute atomic E-state index is 0.0336. The van der Waals surface area contributed by atoms with Gasteiger partial charge in [0, 0.05) is 6.54 Å². The minimum atomic E-state index is -0.966. The zero-order valence-corrected chi connectivity index (χ0v) is 14.6.